The van der Waals surface area contributed by atoms with Gasteiger partial charge in [0.15, 0.2) is 0 Å². The van der Waals surface area contributed by atoms with E-state index in [9.17, 15) is 4.79 Å². The molecule has 6 nitrogen and oxygen atoms in total. The minimum atomic E-state index is -0.154. The van der Waals surface area contributed by atoms with Crippen molar-refractivity contribution >= 4 is 11.6 Å². The highest BCUT2D eigenvalue weighted by Crippen LogP contribution is 2.37. The van der Waals surface area contributed by atoms with E-state index in [1.165, 1.54) is 33.3 Å². The summed E-state index contributed by atoms with van der Waals surface area (Å²) in [6.07, 6.45) is 2.36. The fraction of sp³-hybridized carbons (Fsp3) is 0.125. The summed E-state index contributed by atoms with van der Waals surface area (Å²) in [5, 5.41) is 13.6. The fourth-order valence-electron chi connectivity index (χ4n) is 2.80. The predicted molar refractivity (Wildman–Crippen MR) is 81.1 cm³/mol. The molecule has 1 N–H and O–H groups in total. The van der Waals surface area contributed by atoms with Crippen LogP contribution in [0.2, 0.25) is 0 Å². The molecule has 0 aliphatic heterocycles. The highest BCUT2D eigenvalue weighted by atomic mass is 16.2. The van der Waals surface area contributed by atoms with Crippen molar-refractivity contribution in [1.82, 2.24) is 20.2 Å². The van der Waals surface area contributed by atoms with Crippen LogP contribution in [0.5, 0.6) is 0 Å². The Morgan fingerprint density at radius 2 is 2.00 bits per heavy atom. The Bertz CT molecular complexity index is 842. The lowest BCUT2D eigenvalue weighted by atomic mass is 10.1. The number of fused-ring (bicyclic) bond motifs is 3. The third-order valence-corrected chi connectivity index (χ3v) is 3.78. The monoisotopic (exact) mass is 291 g/mol. The molecule has 0 atom stereocenters. The number of nitrogens with zero attached hydrogens (tertiary/aromatic N) is 4. The number of rotatable bonds is 3. The number of anilines is 1. The van der Waals surface area contributed by atoms with Crippen LogP contribution in [0.1, 0.15) is 11.1 Å². The van der Waals surface area contributed by atoms with Crippen LogP contribution >= 0.6 is 0 Å². The molecule has 2 aromatic carbocycles. The van der Waals surface area contributed by atoms with Crippen molar-refractivity contribution < 1.29 is 4.79 Å². The van der Waals surface area contributed by atoms with Gasteiger partial charge in [0.1, 0.15) is 12.9 Å². The fourth-order valence-corrected chi connectivity index (χ4v) is 2.80. The molecule has 0 radical (unpaired) electrons. The van der Waals surface area contributed by atoms with Crippen LogP contribution < -0.4 is 5.32 Å². The van der Waals surface area contributed by atoms with Crippen LogP contribution in [0.4, 0.5) is 5.69 Å². The molecule has 0 unspecified atom stereocenters. The van der Waals surface area contributed by atoms with Gasteiger partial charge in [-0.25, -0.2) is 4.68 Å². The summed E-state index contributed by atoms with van der Waals surface area (Å²) in [6, 6.07) is 14.4. The Labute approximate surface area is 126 Å². The number of nitrogens with one attached hydrogen (secondary N) is 1. The molecule has 4 rings (SSSR count). The molecule has 0 saturated heterocycles. The number of carbonyl (C=O) groups excluding carboxylic acids is 1. The molecular formula is C16H13N5O. The summed E-state index contributed by atoms with van der Waals surface area (Å²) in [6.45, 7) is 0.0979. The van der Waals surface area contributed by atoms with Crippen molar-refractivity contribution in [3.63, 3.8) is 0 Å². The number of tetrazole rings is 1. The number of hydrogen-bond donors (Lipinski definition) is 1. The topological polar surface area (TPSA) is 72.7 Å². The molecule has 0 bridgehead atoms. The van der Waals surface area contributed by atoms with E-state index in [0.29, 0.717) is 0 Å². The van der Waals surface area contributed by atoms with Gasteiger partial charge in [-0.3, -0.25) is 4.79 Å². The summed E-state index contributed by atoms with van der Waals surface area (Å²) in [5.41, 5.74) is 5.84. The lowest BCUT2D eigenvalue weighted by Crippen LogP contribution is -2.19. The maximum absolute atomic E-state index is 12.0. The van der Waals surface area contributed by atoms with Crippen molar-refractivity contribution in [3.05, 3.63) is 59.9 Å². The number of aromatic nitrogens is 4. The standard InChI is InChI=1S/C16H13N5O/c22-16(9-21-10-17-19-20-21)18-13-6-5-12-7-11-3-1-2-4-14(11)15(12)8-13/h1-6,8,10H,7,9H2,(H,18,22). The van der Waals surface area contributed by atoms with E-state index >= 15 is 0 Å². The minimum absolute atomic E-state index is 0.0979. The normalized spacial score (nSPS) is 11.8. The quantitative estimate of drug-likeness (QED) is 0.625. The second-order valence-electron chi connectivity index (χ2n) is 5.26. The van der Waals surface area contributed by atoms with Gasteiger partial charge in [-0.1, -0.05) is 30.3 Å². The van der Waals surface area contributed by atoms with Crippen LogP contribution in [0.3, 0.4) is 0 Å². The van der Waals surface area contributed by atoms with Gasteiger partial charge in [0.05, 0.1) is 0 Å². The van der Waals surface area contributed by atoms with E-state index < -0.39 is 0 Å². The van der Waals surface area contributed by atoms with Crippen LogP contribution in [0, 0.1) is 0 Å². The lowest BCUT2D eigenvalue weighted by molar-refractivity contribution is -0.116. The van der Waals surface area contributed by atoms with E-state index in [4.69, 9.17) is 0 Å². The average Bonchev–Trinajstić information content (AvgIpc) is 3.14. The molecule has 1 amide bonds. The first kappa shape index (κ1) is 12.7. The van der Waals surface area contributed by atoms with Gasteiger partial charge >= 0.3 is 0 Å². The second kappa shape index (κ2) is 5.07. The molecule has 0 saturated carbocycles. The van der Waals surface area contributed by atoms with Crippen molar-refractivity contribution in [3.8, 4) is 11.1 Å². The summed E-state index contributed by atoms with van der Waals surface area (Å²) >= 11 is 0. The number of carbonyl (C=O) groups is 1. The Balaban J connectivity index is 1.57. The predicted octanol–water partition coefficient (Wildman–Crippen LogP) is 1.88. The SMILES string of the molecule is O=C(Cn1cnnn1)Nc1ccc2c(c1)-c1ccccc1C2. The molecule has 1 aliphatic carbocycles. The molecule has 0 spiro atoms. The zero-order valence-electron chi connectivity index (χ0n) is 11.7. The first-order valence-corrected chi connectivity index (χ1v) is 7.01. The van der Waals surface area contributed by atoms with Crippen LogP contribution in [-0.4, -0.2) is 26.1 Å². The Kier molecular flexibility index (Phi) is 2.93. The molecule has 6 heteroatoms. The van der Waals surface area contributed by atoms with Gasteiger partial charge in [-0.15, -0.1) is 5.10 Å². The zero-order chi connectivity index (χ0) is 14.9. The van der Waals surface area contributed by atoms with E-state index in [2.05, 4.69) is 45.1 Å². The third-order valence-electron chi connectivity index (χ3n) is 3.78. The van der Waals surface area contributed by atoms with Gasteiger partial charge in [0, 0.05) is 5.69 Å². The highest BCUT2D eigenvalue weighted by molar-refractivity contribution is 5.92. The Morgan fingerprint density at radius 3 is 2.86 bits per heavy atom. The highest BCUT2D eigenvalue weighted by Gasteiger charge is 2.18. The number of amides is 1. The first-order chi connectivity index (χ1) is 10.8. The summed E-state index contributed by atoms with van der Waals surface area (Å²) in [7, 11) is 0. The van der Waals surface area contributed by atoms with Crippen LogP contribution in [0.15, 0.2) is 48.8 Å². The van der Waals surface area contributed by atoms with Gasteiger partial charge in [0.2, 0.25) is 5.91 Å². The van der Waals surface area contributed by atoms with Crippen LogP contribution in [0.25, 0.3) is 11.1 Å². The molecule has 0 fully saturated rings. The van der Waals surface area contributed by atoms with Crippen molar-refractivity contribution in [2.75, 3.05) is 5.32 Å². The summed E-state index contributed by atoms with van der Waals surface area (Å²) in [5.74, 6) is -0.154. The van der Waals surface area contributed by atoms with Crippen molar-refractivity contribution in [2.24, 2.45) is 0 Å². The Hall–Kier alpha value is -3.02. The Morgan fingerprint density at radius 1 is 1.14 bits per heavy atom. The summed E-state index contributed by atoms with van der Waals surface area (Å²) < 4.78 is 1.39. The molecule has 108 valence electrons. The van der Waals surface area contributed by atoms with Gasteiger partial charge in [0.25, 0.3) is 0 Å². The number of benzene rings is 2. The van der Waals surface area contributed by atoms with E-state index in [1.807, 2.05) is 18.2 Å². The first-order valence-electron chi connectivity index (χ1n) is 7.01. The average molecular weight is 291 g/mol. The zero-order valence-corrected chi connectivity index (χ0v) is 11.7. The molecule has 1 aromatic heterocycles. The van der Waals surface area contributed by atoms with Crippen molar-refractivity contribution in [1.29, 1.82) is 0 Å². The smallest absolute Gasteiger partial charge is 0.246 e. The van der Waals surface area contributed by atoms with Gasteiger partial charge in [-0.05, 0) is 51.2 Å². The molecule has 1 aliphatic rings. The maximum Gasteiger partial charge on any atom is 0.246 e. The van der Waals surface area contributed by atoms with Gasteiger partial charge in [-0.2, -0.15) is 0 Å². The van der Waals surface area contributed by atoms with E-state index in [1.54, 1.807) is 0 Å². The molecule has 1 heterocycles. The minimum Gasteiger partial charge on any atom is -0.324 e. The molecular weight excluding hydrogens is 278 g/mol. The molecule has 3 aromatic rings. The summed E-state index contributed by atoms with van der Waals surface area (Å²) in [4.78, 5) is 12.0. The number of hydrogen-bond acceptors (Lipinski definition) is 4. The van der Waals surface area contributed by atoms with Crippen molar-refractivity contribution in [2.45, 2.75) is 13.0 Å². The largest absolute Gasteiger partial charge is 0.324 e. The maximum atomic E-state index is 12.0. The van der Waals surface area contributed by atoms with E-state index in [0.717, 1.165) is 12.1 Å². The second-order valence-corrected chi connectivity index (χ2v) is 5.26. The lowest BCUT2D eigenvalue weighted by Gasteiger charge is -2.07. The third kappa shape index (κ3) is 2.24. The molecule has 22 heavy (non-hydrogen) atoms. The van der Waals surface area contributed by atoms with Crippen LogP contribution in [-0.2, 0) is 17.8 Å². The van der Waals surface area contributed by atoms with Gasteiger partial charge < -0.3 is 5.32 Å². The van der Waals surface area contributed by atoms with E-state index in [-0.39, 0.29) is 12.5 Å².